The second-order valence-electron chi connectivity index (χ2n) is 2.55. The predicted molar refractivity (Wildman–Crippen MR) is 40.2 cm³/mol. The molecule has 0 N–H and O–H groups in total. The van der Waals surface area contributed by atoms with Crippen LogP contribution >= 0.6 is 0 Å². The van der Waals surface area contributed by atoms with Crippen LogP contribution in [0.2, 0.25) is 0 Å². The van der Waals surface area contributed by atoms with Gasteiger partial charge in [0.05, 0.1) is 6.20 Å². The first-order chi connectivity index (χ1) is 5.47. The second kappa shape index (κ2) is 3.05. The summed E-state index contributed by atoms with van der Waals surface area (Å²) in [6, 6.07) is 3.07. The van der Waals surface area contributed by atoms with Gasteiger partial charge in [-0.3, -0.25) is 4.98 Å². The number of pyridine rings is 1. The van der Waals surface area contributed by atoms with Crippen molar-refractivity contribution in [1.82, 2.24) is 4.98 Å². The third-order valence-electron chi connectivity index (χ3n) is 1.18. The van der Waals surface area contributed by atoms with Crippen LogP contribution in [0.25, 0.3) is 0 Å². The fourth-order valence-corrected chi connectivity index (χ4v) is 0.722. The molecule has 0 radical (unpaired) electrons. The summed E-state index contributed by atoms with van der Waals surface area (Å²) in [6.45, 7) is 2.46. The molecule has 0 saturated heterocycles. The molecule has 0 spiro atoms. The molecule has 0 aliphatic rings. The zero-order valence-corrected chi connectivity index (χ0v) is 6.84. The lowest BCUT2D eigenvalue weighted by Gasteiger charge is -2.12. The van der Waals surface area contributed by atoms with Gasteiger partial charge in [-0.2, -0.15) is 8.78 Å². The minimum absolute atomic E-state index is 0.0769. The molecule has 66 valence electrons. The minimum Gasteiger partial charge on any atom is -0.431 e. The average Bonchev–Trinajstić information content (AvgIpc) is 1.91. The highest BCUT2D eigenvalue weighted by Crippen LogP contribution is 2.19. The van der Waals surface area contributed by atoms with Gasteiger partial charge in [0.15, 0.2) is 0 Å². The summed E-state index contributed by atoms with van der Waals surface area (Å²) in [5.74, 6) is 0.0769. The lowest BCUT2D eigenvalue weighted by molar-refractivity contribution is -0.159. The number of alkyl halides is 2. The van der Waals surface area contributed by atoms with E-state index in [1.807, 2.05) is 0 Å². The number of hydrogen-bond donors (Lipinski definition) is 0. The van der Waals surface area contributed by atoms with E-state index < -0.39 is 6.11 Å². The number of rotatable bonds is 2. The summed E-state index contributed by atoms with van der Waals surface area (Å²) >= 11 is 0. The molecule has 0 atom stereocenters. The van der Waals surface area contributed by atoms with Crippen LogP contribution in [0.3, 0.4) is 0 Å². The summed E-state index contributed by atoms with van der Waals surface area (Å²) in [5, 5.41) is 0. The third kappa shape index (κ3) is 2.82. The van der Waals surface area contributed by atoms with Gasteiger partial charge in [-0.25, -0.2) is 0 Å². The number of aromatic nitrogens is 1. The molecule has 0 saturated carbocycles. The molecule has 0 aromatic carbocycles. The smallest absolute Gasteiger partial charge is 0.394 e. The maximum absolute atomic E-state index is 12.3. The molecule has 0 aliphatic carbocycles. The third-order valence-corrected chi connectivity index (χ3v) is 1.18. The fraction of sp³-hybridized carbons (Fsp3) is 0.375. The summed E-state index contributed by atoms with van der Waals surface area (Å²) in [6.07, 6.45) is -1.87. The number of aryl methyl sites for hydroxylation is 1. The molecular formula is C8H9F2NO. The zero-order valence-electron chi connectivity index (χ0n) is 6.84. The Bertz CT molecular complexity index is 253. The topological polar surface area (TPSA) is 22.1 Å². The number of hydrogen-bond acceptors (Lipinski definition) is 2. The molecule has 1 aromatic heterocycles. The first-order valence-electron chi connectivity index (χ1n) is 3.47. The zero-order chi connectivity index (χ0) is 9.19. The van der Waals surface area contributed by atoms with Crippen molar-refractivity contribution in [2.24, 2.45) is 0 Å². The Morgan fingerprint density at radius 3 is 2.50 bits per heavy atom. The lowest BCUT2D eigenvalue weighted by Crippen LogP contribution is -2.19. The monoisotopic (exact) mass is 173 g/mol. The van der Waals surface area contributed by atoms with Gasteiger partial charge in [0, 0.05) is 12.6 Å². The average molecular weight is 173 g/mol. The highest BCUT2D eigenvalue weighted by molar-refractivity contribution is 5.19. The van der Waals surface area contributed by atoms with Crippen molar-refractivity contribution in [3.63, 3.8) is 0 Å². The van der Waals surface area contributed by atoms with Crippen molar-refractivity contribution in [3.8, 4) is 5.75 Å². The first-order valence-corrected chi connectivity index (χ1v) is 3.47. The Morgan fingerprint density at radius 2 is 2.08 bits per heavy atom. The van der Waals surface area contributed by atoms with Gasteiger partial charge in [0.1, 0.15) is 5.75 Å². The normalized spacial score (nSPS) is 11.3. The SMILES string of the molecule is Cc1ccc(OC(C)(F)F)cn1. The van der Waals surface area contributed by atoms with E-state index in [2.05, 4.69) is 9.72 Å². The van der Waals surface area contributed by atoms with E-state index in [1.54, 1.807) is 13.0 Å². The van der Waals surface area contributed by atoms with Crippen LogP contribution in [0, 0.1) is 6.92 Å². The Balaban J connectivity index is 2.71. The van der Waals surface area contributed by atoms with Gasteiger partial charge in [0.25, 0.3) is 0 Å². The number of nitrogens with zero attached hydrogens (tertiary/aromatic N) is 1. The minimum atomic E-state index is -3.14. The van der Waals surface area contributed by atoms with E-state index >= 15 is 0 Å². The summed E-state index contributed by atoms with van der Waals surface area (Å²) < 4.78 is 28.8. The van der Waals surface area contributed by atoms with Crippen LogP contribution in [0.1, 0.15) is 12.6 Å². The molecule has 0 aliphatic heterocycles. The largest absolute Gasteiger partial charge is 0.431 e. The van der Waals surface area contributed by atoms with Crippen molar-refractivity contribution < 1.29 is 13.5 Å². The van der Waals surface area contributed by atoms with Crippen LogP contribution in [0.4, 0.5) is 8.78 Å². The van der Waals surface area contributed by atoms with Crippen LogP contribution in [-0.4, -0.2) is 11.1 Å². The molecule has 4 heteroatoms. The Hall–Kier alpha value is -1.19. The highest BCUT2D eigenvalue weighted by atomic mass is 19.3. The lowest BCUT2D eigenvalue weighted by atomic mass is 10.4. The van der Waals surface area contributed by atoms with Gasteiger partial charge < -0.3 is 4.74 Å². The molecule has 0 bridgehead atoms. The van der Waals surface area contributed by atoms with Gasteiger partial charge in [-0.15, -0.1) is 0 Å². The summed E-state index contributed by atoms with van der Waals surface area (Å²) in [5.41, 5.74) is 0.766. The van der Waals surface area contributed by atoms with Gasteiger partial charge >= 0.3 is 6.11 Å². The standard InChI is InChI=1S/C8H9F2NO/c1-6-3-4-7(5-11-6)12-8(2,9)10/h3-5H,1-2H3. The summed E-state index contributed by atoms with van der Waals surface area (Å²) in [4.78, 5) is 3.80. The Morgan fingerprint density at radius 1 is 1.42 bits per heavy atom. The number of halogens is 2. The molecule has 0 unspecified atom stereocenters. The molecule has 1 heterocycles. The number of ether oxygens (including phenoxy) is 1. The van der Waals surface area contributed by atoms with E-state index in [1.165, 1.54) is 12.3 Å². The van der Waals surface area contributed by atoms with Crippen molar-refractivity contribution in [1.29, 1.82) is 0 Å². The van der Waals surface area contributed by atoms with Crippen molar-refractivity contribution >= 4 is 0 Å². The van der Waals surface area contributed by atoms with Gasteiger partial charge in [-0.05, 0) is 19.1 Å². The Kier molecular flexibility index (Phi) is 2.26. The molecule has 2 nitrogen and oxygen atoms in total. The van der Waals surface area contributed by atoms with Gasteiger partial charge in [0.2, 0.25) is 0 Å². The molecule has 12 heavy (non-hydrogen) atoms. The fourth-order valence-electron chi connectivity index (χ4n) is 0.722. The van der Waals surface area contributed by atoms with Gasteiger partial charge in [-0.1, -0.05) is 0 Å². The highest BCUT2D eigenvalue weighted by Gasteiger charge is 2.22. The quantitative estimate of drug-likeness (QED) is 0.685. The molecule has 0 amide bonds. The second-order valence-corrected chi connectivity index (χ2v) is 2.55. The van der Waals surface area contributed by atoms with E-state index in [-0.39, 0.29) is 5.75 Å². The molecule has 1 aromatic rings. The molecule has 0 fully saturated rings. The predicted octanol–water partition coefficient (Wildman–Crippen LogP) is 2.38. The summed E-state index contributed by atoms with van der Waals surface area (Å²) in [7, 11) is 0. The van der Waals surface area contributed by atoms with Crippen LogP contribution in [0.5, 0.6) is 5.75 Å². The van der Waals surface area contributed by atoms with Crippen LogP contribution in [-0.2, 0) is 0 Å². The molecule has 1 rings (SSSR count). The van der Waals surface area contributed by atoms with E-state index in [9.17, 15) is 8.78 Å². The van der Waals surface area contributed by atoms with Crippen LogP contribution < -0.4 is 4.74 Å². The van der Waals surface area contributed by atoms with E-state index in [0.717, 1.165) is 5.69 Å². The first kappa shape index (κ1) is 8.90. The van der Waals surface area contributed by atoms with Crippen molar-refractivity contribution in [2.45, 2.75) is 20.0 Å². The van der Waals surface area contributed by atoms with E-state index in [4.69, 9.17) is 0 Å². The van der Waals surface area contributed by atoms with Crippen LogP contribution in [0.15, 0.2) is 18.3 Å². The van der Waals surface area contributed by atoms with Crippen molar-refractivity contribution in [3.05, 3.63) is 24.0 Å². The molecular weight excluding hydrogens is 164 g/mol. The maximum Gasteiger partial charge on any atom is 0.394 e. The Labute approximate surface area is 69.2 Å². The van der Waals surface area contributed by atoms with E-state index in [0.29, 0.717) is 6.92 Å². The maximum atomic E-state index is 12.3. The van der Waals surface area contributed by atoms with Crippen molar-refractivity contribution in [2.75, 3.05) is 0 Å².